The number of nitrogens with one attached hydrogen (secondary N) is 2. The molecule has 3 amide bonds. The van der Waals surface area contributed by atoms with E-state index < -0.39 is 17.7 Å². The van der Waals surface area contributed by atoms with Crippen molar-refractivity contribution in [1.29, 1.82) is 5.26 Å². The Morgan fingerprint density at radius 3 is 2.83 bits per heavy atom. The lowest BCUT2D eigenvalue weighted by atomic mass is 10.0. The van der Waals surface area contributed by atoms with E-state index in [2.05, 4.69) is 15.6 Å². The number of carbonyl (C=O) groups is 3. The van der Waals surface area contributed by atoms with Crippen LogP contribution in [0.5, 0.6) is 0 Å². The monoisotopic (exact) mass is 330 g/mol. The van der Waals surface area contributed by atoms with Crippen molar-refractivity contribution in [3.05, 3.63) is 29.8 Å². The van der Waals surface area contributed by atoms with Crippen LogP contribution in [0.15, 0.2) is 29.3 Å². The van der Waals surface area contributed by atoms with Crippen molar-refractivity contribution in [1.82, 2.24) is 5.32 Å². The average molecular weight is 330 g/mol. The smallest absolute Gasteiger partial charge is 0.260 e. The molecule has 7 nitrogen and oxygen atoms in total. The fraction of sp³-hybridized carbons (Fsp3) is 0.267. The molecule has 0 saturated carbocycles. The normalized spacial score (nSPS) is 17.0. The number of amidine groups is 1. The van der Waals surface area contributed by atoms with Gasteiger partial charge in [-0.1, -0.05) is 30.8 Å². The molecule has 0 spiro atoms. The number of benzene rings is 1. The van der Waals surface area contributed by atoms with Crippen LogP contribution in [-0.2, 0) is 14.4 Å². The molecular weight excluding hydrogens is 316 g/mol. The Morgan fingerprint density at radius 1 is 1.43 bits per heavy atom. The molecule has 1 atom stereocenters. The summed E-state index contributed by atoms with van der Waals surface area (Å²) in [5, 5.41) is 14.2. The lowest BCUT2D eigenvalue weighted by molar-refractivity contribution is -0.133. The quantitative estimate of drug-likeness (QED) is 0.808. The molecule has 8 heteroatoms. The van der Waals surface area contributed by atoms with Gasteiger partial charge in [0, 0.05) is 0 Å². The predicted octanol–water partition coefficient (Wildman–Crippen LogP) is 1.27. The van der Waals surface area contributed by atoms with Gasteiger partial charge in [-0.3, -0.25) is 14.4 Å². The van der Waals surface area contributed by atoms with E-state index in [4.69, 9.17) is 5.26 Å². The zero-order chi connectivity index (χ0) is 16.8. The van der Waals surface area contributed by atoms with Crippen molar-refractivity contribution in [3.63, 3.8) is 0 Å². The first-order valence-corrected chi connectivity index (χ1v) is 7.89. The molecule has 1 aromatic rings. The minimum atomic E-state index is -0.754. The topological polar surface area (TPSA) is 111 Å². The highest BCUT2D eigenvalue weighted by Crippen LogP contribution is 2.16. The van der Waals surface area contributed by atoms with Gasteiger partial charge in [-0.2, -0.15) is 10.3 Å². The summed E-state index contributed by atoms with van der Waals surface area (Å²) in [5.41, 5.74) is 0.771. The van der Waals surface area contributed by atoms with E-state index in [0.29, 0.717) is 17.7 Å². The van der Waals surface area contributed by atoms with Crippen molar-refractivity contribution < 1.29 is 14.4 Å². The molecule has 2 N–H and O–H groups in total. The van der Waals surface area contributed by atoms with Crippen LogP contribution in [0.4, 0.5) is 5.69 Å². The van der Waals surface area contributed by atoms with Crippen molar-refractivity contribution >= 4 is 40.3 Å². The molecule has 1 aliphatic rings. The van der Waals surface area contributed by atoms with E-state index in [1.807, 2.05) is 6.07 Å². The standard InChI is InChI=1S/C15H14N4O3S/c1-2-10-13(21)18-15(19-14(10)22)23-8-12(20)17-11-6-4-3-5-9(11)7-16/h3-6,10H,2,8H2,1H3,(H,17,20)(H,18,19,21,22). The van der Waals surface area contributed by atoms with E-state index in [1.54, 1.807) is 31.2 Å². The van der Waals surface area contributed by atoms with Crippen molar-refractivity contribution in [2.75, 3.05) is 11.1 Å². The predicted molar refractivity (Wildman–Crippen MR) is 86.6 cm³/mol. The number of hydrogen-bond donors (Lipinski definition) is 2. The van der Waals surface area contributed by atoms with Crippen LogP contribution in [-0.4, -0.2) is 28.6 Å². The number of anilines is 1. The van der Waals surface area contributed by atoms with Gasteiger partial charge in [0.15, 0.2) is 5.17 Å². The van der Waals surface area contributed by atoms with E-state index >= 15 is 0 Å². The summed E-state index contributed by atoms with van der Waals surface area (Å²) in [4.78, 5) is 39.1. The van der Waals surface area contributed by atoms with Crippen LogP contribution in [0.3, 0.4) is 0 Å². The SMILES string of the molecule is CC[C@H]1C(=O)N=C(SCC(=O)Nc2ccccc2C#N)NC1=O. The van der Waals surface area contributed by atoms with E-state index in [9.17, 15) is 14.4 Å². The highest BCUT2D eigenvalue weighted by atomic mass is 32.2. The highest BCUT2D eigenvalue weighted by Gasteiger charge is 2.30. The number of rotatable bonds is 4. The second kappa shape index (κ2) is 7.56. The van der Waals surface area contributed by atoms with Gasteiger partial charge in [0.1, 0.15) is 12.0 Å². The first-order chi connectivity index (χ1) is 11.0. The molecular formula is C15H14N4O3S. The van der Waals surface area contributed by atoms with E-state index in [1.165, 1.54) is 0 Å². The van der Waals surface area contributed by atoms with E-state index in [0.717, 1.165) is 11.8 Å². The van der Waals surface area contributed by atoms with Gasteiger partial charge in [-0.25, -0.2) is 0 Å². The number of aliphatic imine (C=N–C) groups is 1. The number of thioether (sulfide) groups is 1. The number of hydrogen-bond acceptors (Lipinski definition) is 5. The Kier molecular flexibility index (Phi) is 5.49. The Hall–Kier alpha value is -2.66. The molecule has 23 heavy (non-hydrogen) atoms. The van der Waals surface area contributed by atoms with Gasteiger partial charge >= 0.3 is 0 Å². The molecule has 0 radical (unpaired) electrons. The molecule has 118 valence electrons. The molecule has 0 fully saturated rings. The van der Waals surface area contributed by atoms with Crippen LogP contribution in [0.2, 0.25) is 0 Å². The Labute approximate surface area is 137 Å². The molecule has 1 aromatic carbocycles. The number of amides is 3. The summed E-state index contributed by atoms with van der Waals surface area (Å²) in [6.45, 7) is 1.73. The Balaban J connectivity index is 1.94. The fourth-order valence-electron chi connectivity index (χ4n) is 1.95. The first-order valence-electron chi connectivity index (χ1n) is 6.90. The Bertz CT molecular complexity index is 724. The van der Waals surface area contributed by atoms with Crippen LogP contribution >= 0.6 is 11.8 Å². The van der Waals surface area contributed by atoms with Crippen LogP contribution in [0.25, 0.3) is 0 Å². The zero-order valence-corrected chi connectivity index (χ0v) is 13.1. The number of para-hydroxylation sites is 1. The second-order valence-electron chi connectivity index (χ2n) is 4.70. The first kappa shape index (κ1) is 16.7. The second-order valence-corrected chi connectivity index (χ2v) is 5.66. The zero-order valence-electron chi connectivity index (χ0n) is 12.3. The summed E-state index contributed by atoms with van der Waals surface area (Å²) in [6, 6.07) is 8.61. The maximum atomic E-state index is 11.9. The summed E-state index contributed by atoms with van der Waals surface area (Å²) in [5.74, 6) is -2.04. The molecule has 2 rings (SSSR count). The molecule has 1 aliphatic heterocycles. The van der Waals surface area contributed by atoms with Crippen molar-refractivity contribution in [2.24, 2.45) is 10.9 Å². The van der Waals surface area contributed by atoms with Gasteiger partial charge in [0.25, 0.3) is 5.91 Å². The maximum Gasteiger partial charge on any atom is 0.260 e. The lowest BCUT2D eigenvalue weighted by Gasteiger charge is -2.18. The minimum absolute atomic E-state index is 0.0387. The molecule has 0 aliphatic carbocycles. The van der Waals surface area contributed by atoms with Crippen LogP contribution in [0.1, 0.15) is 18.9 Å². The van der Waals surface area contributed by atoms with Gasteiger partial charge in [-0.15, -0.1) is 0 Å². The number of nitrogens with zero attached hydrogens (tertiary/aromatic N) is 2. The van der Waals surface area contributed by atoms with Crippen LogP contribution < -0.4 is 10.6 Å². The Morgan fingerprint density at radius 2 is 2.17 bits per heavy atom. The van der Waals surface area contributed by atoms with Gasteiger partial charge in [0.2, 0.25) is 11.8 Å². The third-order valence-electron chi connectivity index (χ3n) is 3.13. The number of nitriles is 1. The molecule has 0 unspecified atom stereocenters. The van der Waals surface area contributed by atoms with Crippen molar-refractivity contribution in [2.45, 2.75) is 13.3 Å². The summed E-state index contributed by atoms with van der Waals surface area (Å²) in [7, 11) is 0. The third kappa shape index (κ3) is 4.17. The average Bonchev–Trinajstić information content (AvgIpc) is 2.53. The lowest BCUT2D eigenvalue weighted by Crippen LogP contribution is -2.42. The van der Waals surface area contributed by atoms with Crippen LogP contribution in [0, 0.1) is 17.2 Å². The summed E-state index contributed by atoms with van der Waals surface area (Å²) < 4.78 is 0. The third-order valence-corrected chi connectivity index (χ3v) is 4.00. The maximum absolute atomic E-state index is 11.9. The van der Waals surface area contributed by atoms with Gasteiger partial charge < -0.3 is 10.6 Å². The minimum Gasteiger partial charge on any atom is -0.324 e. The summed E-state index contributed by atoms with van der Waals surface area (Å²) >= 11 is 0.960. The molecule has 0 saturated heterocycles. The van der Waals surface area contributed by atoms with E-state index in [-0.39, 0.29) is 16.8 Å². The highest BCUT2D eigenvalue weighted by molar-refractivity contribution is 8.14. The molecule has 1 heterocycles. The number of carbonyl (C=O) groups excluding carboxylic acids is 3. The molecule has 0 bridgehead atoms. The van der Waals surface area contributed by atoms with Gasteiger partial charge in [0.05, 0.1) is 17.0 Å². The summed E-state index contributed by atoms with van der Waals surface area (Å²) in [6.07, 6.45) is 0.386. The largest absolute Gasteiger partial charge is 0.324 e. The van der Waals surface area contributed by atoms with Gasteiger partial charge in [-0.05, 0) is 18.6 Å². The molecule has 0 aromatic heterocycles. The van der Waals surface area contributed by atoms with Crippen molar-refractivity contribution in [3.8, 4) is 6.07 Å². The fourth-order valence-corrected chi connectivity index (χ4v) is 2.62.